The van der Waals surface area contributed by atoms with Crippen molar-refractivity contribution in [1.29, 1.82) is 0 Å². The summed E-state index contributed by atoms with van der Waals surface area (Å²) in [6.07, 6.45) is 2.84. The summed E-state index contributed by atoms with van der Waals surface area (Å²) in [5.74, 6) is -1.91. The molecule has 158 valence electrons. The number of methoxy groups -OCH3 is 1. The highest BCUT2D eigenvalue weighted by atomic mass is 32.1. The number of pyridine rings is 1. The Morgan fingerprint density at radius 3 is 2.87 bits per heavy atom. The first kappa shape index (κ1) is 20.0. The molecule has 0 bridgehead atoms. The van der Waals surface area contributed by atoms with Gasteiger partial charge in [0, 0.05) is 18.3 Å². The van der Waals surface area contributed by atoms with Crippen LogP contribution >= 0.6 is 11.3 Å². The van der Waals surface area contributed by atoms with Gasteiger partial charge in [-0.1, -0.05) is 11.3 Å². The molecule has 4 heterocycles. The lowest BCUT2D eigenvalue weighted by Gasteiger charge is -2.11. The molecule has 4 aromatic rings. The Morgan fingerprint density at radius 2 is 2.16 bits per heavy atom. The van der Waals surface area contributed by atoms with E-state index in [1.807, 2.05) is 0 Å². The van der Waals surface area contributed by atoms with Crippen LogP contribution in [0.3, 0.4) is 0 Å². The largest absolute Gasteiger partial charge is 0.488 e. The lowest BCUT2D eigenvalue weighted by atomic mass is 10.3. The van der Waals surface area contributed by atoms with Crippen LogP contribution < -0.4 is 26.7 Å². The van der Waals surface area contributed by atoms with Crippen molar-refractivity contribution in [3.05, 3.63) is 58.7 Å². The number of hydrogen-bond donors (Lipinski definition) is 3. The fraction of sp³-hybridized carbons (Fsp3) is 0.0588. The third kappa shape index (κ3) is 4.04. The van der Waals surface area contributed by atoms with Crippen LogP contribution in [0.4, 0.5) is 26.8 Å². The molecule has 0 aliphatic rings. The minimum absolute atomic E-state index is 0.0104. The number of amides is 1. The van der Waals surface area contributed by atoms with E-state index >= 15 is 0 Å². The molecule has 0 fully saturated rings. The lowest BCUT2D eigenvalue weighted by Crippen LogP contribution is -2.17. The molecular weight excluding hydrogens is 431 g/mol. The molecule has 14 heteroatoms. The second kappa shape index (κ2) is 8.19. The van der Waals surface area contributed by atoms with E-state index in [9.17, 15) is 14.0 Å². The monoisotopic (exact) mass is 444 g/mol. The smallest absolute Gasteiger partial charge is 0.381 e. The Bertz CT molecular complexity index is 1320. The predicted octanol–water partition coefficient (Wildman–Crippen LogP) is 1.80. The molecule has 1 amide bonds. The summed E-state index contributed by atoms with van der Waals surface area (Å²) >= 11 is 0.995. The summed E-state index contributed by atoms with van der Waals surface area (Å²) in [4.78, 5) is 28.7. The standard InChI is InChI=1S/C17H13FN8O4S/c1-29-12-9(22-13-8(18)3-2-5-20-13)7-10(30-15(12)28)14(27)23-16-24-25-17(31-16)26-11(19)4-6-21-26/h2-7H,19H2,1H3,(H,20,22)(H,23,24,27). The highest BCUT2D eigenvalue weighted by Crippen LogP contribution is 2.27. The van der Waals surface area contributed by atoms with Gasteiger partial charge in [-0.2, -0.15) is 9.78 Å². The number of nitrogens with one attached hydrogen (secondary N) is 2. The van der Waals surface area contributed by atoms with Gasteiger partial charge in [0.25, 0.3) is 5.91 Å². The van der Waals surface area contributed by atoms with Crippen molar-refractivity contribution in [2.75, 3.05) is 23.5 Å². The molecule has 0 saturated carbocycles. The van der Waals surface area contributed by atoms with E-state index in [1.54, 1.807) is 6.07 Å². The third-order valence-electron chi connectivity index (χ3n) is 3.84. The molecule has 0 aliphatic carbocycles. The van der Waals surface area contributed by atoms with Crippen molar-refractivity contribution in [2.24, 2.45) is 0 Å². The van der Waals surface area contributed by atoms with Gasteiger partial charge in [0.2, 0.25) is 16.0 Å². The highest BCUT2D eigenvalue weighted by Gasteiger charge is 2.20. The topological polar surface area (TPSA) is 163 Å². The van der Waals surface area contributed by atoms with Crippen LogP contribution in [0.25, 0.3) is 5.13 Å². The van der Waals surface area contributed by atoms with Crippen LogP contribution in [-0.2, 0) is 0 Å². The summed E-state index contributed by atoms with van der Waals surface area (Å²) in [5.41, 5.74) is 4.80. The van der Waals surface area contributed by atoms with Crippen molar-refractivity contribution in [1.82, 2.24) is 25.0 Å². The van der Waals surface area contributed by atoms with Gasteiger partial charge in [0.05, 0.1) is 19.0 Å². The fourth-order valence-corrected chi connectivity index (χ4v) is 3.19. The number of nitrogens with zero attached hydrogens (tertiary/aromatic N) is 5. The van der Waals surface area contributed by atoms with Gasteiger partial charge in [0.15, 0.2) is 17.4 Å². The number of carbonyl (C=O) groups excluding carboxylic acids is 1. The SMILES string of the molecule is COc1c(Nc2ncccc2F)cc(C(=O)Nc2nnc(-n3nccc3N)s2)oc1=O. The predicted molar refractivity (Wildman–Crippen MR) is 108 cm³/mol. The van der Waals surface area contributed by atoms with Crippen LogP contribution in [0, 0.1) is 5.82 Å². The highest BCUT2D eigenvalue weighted by molar-refractivity contribution is 7.17. The Kier molecular flexibility index (Phi) is 5.28. The van der Waals surface area contributed by atoms with Gasteiger partial charge in [-0.05, 0) is 12.1 Å². The number of carbonyl (C=O) groups is 1. The molecule has 4 N–H and O–H groups in total. The Morgan fingerprint density at radius 1 is 1.32 bits per heavy atom. The third-order valence-corrected chi connectivity index (χ3v) is 4.65. The number of ether oxygens (including phenoxy) is 1. The maximum absolute atomic E-state index is 13.9. The molecule has 4 aromatic heterocycles. The Hall–Kier alpha value is -4.33. The van der Waals surface area contributed by atoms with Crippen molar-refractivity contribution in [2.45, 2.75) is 0 Å². The number of halogens is 1. The molecule has 0 atom stereocenters. The average Bonchev–Trinajstić information content (AvgIpc) is 3.38. The summed E-state index contributed by atoms with van der Waals surface area (Å²) < 4.78 is 25.3. The number of anilines is 4. The average molecular weight is 444 g/mol. The Balaban J connectivity index is 1.61. The summed E-state index contributed by atoms with van der Waals surface area (Å²) in [7, 11) is 1.23. The molecule has 0 spiro atoms. The molecule has 0 aliphatic heterocycles. The van der Waals surface area contributed by atoms with E-state index in [1.165, 1.54) is 42.4 Å². The van der Waals surface area contributed by atoms with Crippen molar-refractivity contribution < 1.29 is 18.3 Å². The number of aromatic nitrogens is 5. The van der Waals surface area contributed by atoms with E-state index in [2.05, 4.69) is 30.9 Å². The number of nitrogen functional groups attached to an aromatic ring is 1. The summed E-state index contributed by atoms with van der Waals surface area (Å²) in [5, 5.41) is 17.2. The van der Waals surface area contributed by atoms with Crippen molar-refractivity contribution in [3.63, 3.8) is 0 Å². The molecule has 0 aromatic carbocycles. The van der Waals surface area contributed by atoms with Crippen LogP contribution in [0.5, 0.6) is 5.75 Å². The number of nitrogens with two attached hydrogens (primary N) is 1. The van der Waals surface area contributed by atoms with Gasteiger partial charge < -0.3 is 20.2 Å². The van der Waals surface area contributed by atoms with Crippen molar-refractivity contribution >= 4 is 39.7 Å². The van der Waals surface area contributed by atoms with Crippen LogP contribution in [0.2, 0.25) is 0 Å². The molecular formula is C17H13FN8O4S. The summed E-state index contributed by atoms with van der Waals surface area (Å²) in [6.45, 7) is 0. The second-order valence-electron chi connectivity index (χ2n) is 5.82. The van der Waals surface area contributed by atoms with E-state index < -0.39 is 17.3 Å². The van der Waals surface area contributed by atoms with E-state index in [4.69, 9.17) is 14.9 Å². The molecule has 0 unspecified atom stereocenters. The number of hydrogen-bond acceptors (Lipinski definition) is 11. The molecule has 12 nitrogen and oxygen atoms in total. The molecule has 0 radical (unpaired) electrons. The normalized spacial score (nSPS) is 10.6. The van der Waals surface area contributed by atoms with Crippen LogP contribution in [0.15, 0.2) is 45.9 Å². The zero-order valence-corrected chi connectivity index (χ0v) is 16.5. The van der Waals surface area contributed by atoms with Crippen LogP contribution in [-0.4, -0.2) is 38.0 Å². The maximum atomic E-state index is 13.9. The summed E-state index contributed by atoms with van der Waals surface area (Å²) in [6, 6.07) is 5.34. The van der Waals surface area contributed by atoms with Gasteiger partial charge >= 0.3 is 5.63 Å². The van der Waals surface area contributed by atoms with Crippen LogP contribution in [0.1, 0.15) is 10.6 Å². The quantitative estimate of drug-likeness (QED) is 0.399. The first-order valence-electron chi connectivity index (χ1n) is 8.50. The van der Waals surface area contributed by atoms with Gasteiger partial charge in [0.1, 0.15) is 5.82 Å². The first-order chi connectivity index (χ1) is 15.0. The first-order valence-corrected chi connectivity index (χ1v) is 9.32. The molecule has 0 saturated heterocycles. The number of rotatable bonds is 6. The lowest BCUT2D eigenvalue weighted by molar-refractivity contribution is 0.0991. The Labute approximate surface area is 176 Å². The van der Waals surface area contributed by atoms with E-state index in [0.717, 1.165) is 11.3 Å². The van der Waals surface area contributed by atoms with Gasteiger partial charge in [-0.25, -0.2) is 14.2 Å². The minimum Gasteiger partial charge on any atom is -0.488 e. The van der Waals surface area contributed by atoms with E-state index in [-0.39, 0.29) is 28.1 Å². The minimum atomic E-state index is -0.948. The molecule has 4 rings (SSSR count). The maximum Gasteiger partial charge on any atom is 0.381 e. The zero-order chi connectivity index (χ0) is 22.0. The van der Waals surface area contributed by atoms with Crippen molar-refractivity contribution in [3.8, 4) is 10.9 Å². The zero-order valence-electron chi connectivity index (χ0n) is 15.7. The van der Waals surface area contributed by atoms with Gasteiger partial charge in [-0.3, -0.25) is 10.1 Å². The fourth-order valence-electron chi connectivity index (χ4n) is 2.47. The van der Waals surface area contributed by atoms with E-state index in [0.29, 0.717) is 10.9 Å². The molecule has 31 heavy (non-hydrogen) atoms. The van der Waals surface area contributed by atoms with Gasteiger partial charge in [-0.15, -0.1) is 10.2 Å². The second-order valence-corrected chi connectivity index (χ2v) is 6.77.